The Balaban J connectivity index is 1.59. The summed E-state index contributed by atoms with van der Waals surface area (Å²) in [5.41, 5.74) is 2.63. The Morgan fingerprint density at radius 2 is 1.76 bits per heavy atom. The number of carbonyl (C=O) groups is 2. The number of aromatic nitrogens is 4. The smallest absolute Gasteiger partial charge is 0.262 e. The zero-order chi connectivity index (χ0) is 23.4. The predicted molar refractivity (Wildman–Crippen MR) is 121 cm³/mol. The van der Waals surface area contributed by atoms with Crippen LogP contribution in [0.4, 0.5) is 11.6 Å². The average molecular weight is 444 g/mol. The van der Waals surface area contributed by atoms with Gasteiger partial charge in [-0.3, -0.25) is 9.59 Å². The van der Waals surface area contributed by atoms with Gasteiger partial charge in [0.05, 0.1) is 19.0 Å². The number of rotatable bonds is 6. The maximum Gasteiger partial charge on any atom is 0.262 e. The first-order valence-electron chi connectivity index (χ1n) is 9.94. The number of hydrogen-bond acceptors (Lipinski definition) is 8. The van der Waals surface area contributed by atoms with Crippen LogP contribution in [-0.2, 0) is 4.79 Å². The number of nitrogens with one attached hydrogen (secondary N) is 2. The monoisotopic (exact) mass is 444 g/mol. The molecule has 4 aromatic rings. The van der Waals surface area contributed by atoms with Crippen molar-refractivity contribution in [3.63, 3.8) is 0 Å². The molecular weight excluding hydrogens is 424 g/mol. The zero-order valence-electron chi connectivity index (χ0n) is 18.1. The molecule has 0 aliphatic heterocycles. The van der Waals surface area contributed by atoms with Crippen LogP contribution >= 0.6 is 0 Å². The van der Waals surface area contributed by atoms with E-state index in [4.69, 9.17) is 9.26 Å². The maximum atomic E-state index is 13.1. The van der Waals surface area contributed by atoms with Crippen molar-refractivity contribution < 1.29 is 18.8 Å². The van der Waals surface area contributed by atoms with Gasteiger partial charge in [-0.2, -0.15) is 0 Å². The van der Waals surface area contributed by atoms with Crippen LogP contribution in [0.3, 0.4) is 0 Å². The van der Waals surface area contributed by atoms with E-state index in [0.717, 1.165) is 5.56 Å². The molecule has 3 heterocycles. The van der Waals surface area contributed by atoms with Crippen LogP contribution in [0.1, 0.15) is 23.0 Å². The third kappa shape index (κ3) is 4.69. The summed E-state index contributed by atoms with van der Waals surface area (Å²) in [5.74, 6) is 0.411. The number of aryl methyl sites for hydroxylation is 1. The highest BCUT2D eigenvalue weighted by molar-refractivity contribution is 6.08. The van der Waals surface area contributed by atoms with E-state index in [0.29, 0.717) is 34.1 Å². The number of benzene rings is 1. The average Bonchev–Trinajstić information content (AvgIpc) is 3.21. The van der Waals surface area contributed by atoms with Gasteiger partial charge >= 0.3 is 0 Å². The lowest BCUT2D eigenvalue weighted by Crippen LogP contribution is -2.16. The van der Waals surface area contributed by atoms with E-state index in [2.05, 4.69) is 30.7 Å². The van der Waals surface area contributed by atoms with Crippen LogP contribution < -0.4 is 15.4 Å². The lowest BCUT2D eigenvalue weighted by atomic mass is 10.1. The number of carbonyl (C=O) groups excluding carboxylic acids is 2. The number of pyridine rings is 1. The Bertz CT molecular complexity index is 1300. The van der Waals surface area contributed by atoms with Crippen LogP contribution in [-0.4, -0.2) is 39.0 Å². The van der Waals surface area contributed by atoms with Crippen molar-refractivity contribution in [2.24, 2.45) is 0 Å². The standard InChI is InChI=1S/C23H20N6O4/c1-13-19(20(29-33-13)15-7-5-4-6-8-15)22(31)28-21-23(32-3)27-17(12-25-21)16-9-10-18(24-11-16)26-14(2)30/h4-12H,1-3H3,(H,24,26,30)(H,25,28,31). The van der Waals surface area contributed by atoms with Crippen molar-refractivity contribution in [2.45, 2.75) is 13.8 Å². The number of anilines is 2. The fourth-order valence-corrected chi connectivity index (χ4v) is 3.14. The molecule has 0 radical (unpaired) electrons. The molecule has 10 nitrogen and oxygen atoms in total. The maximum absolute atomic E-state index is 13.1. The van der Waals surface area contributed by atoms with Crippen molar-refractivity contribution in [3.8, 4) is 28.4 Å². The molecule has 1 aromatic carbocycles. The molecule has 4 rings (SSSR count). The van der Waals surface area contributed by atoms with Crippen LogP contribution in [0.5, 0.6) is 5.88 Å². The molecule has 0 spiro atoms. The molecule has 0 fully saturated rings. The first-order chi connectivity index (χ1) is 16.0. The van der Waals surface area contributed by atoms with E-state index in [1.54, 1.807) is 25.3 Å². The van der Waals surface area contributed by atoms with E-state index < -0.39 is 5.91 Å². The topological polar surface area (TPSA) is 132 Å². The van der Waals surface area contributed by atoms with Crippen molar-refractivity contribution >= 4 is 23.5 Å². The summed E-state index contributed by atoms with van der Waals surface area (Å²) in [6, 6.07) is 12.7. The summed E-state index contributed by atoms with van der Waals surface area (Å²) < 4.78 is 10.6. The largest absolute Gasteiger partial charge is 0.478 e. The van der Waals surface area contributed by atoms with Gasteiger partial charge in [-0.15, -0.1) is 0 Å². The Morgan fingerprint density at radius 1 is 0.970 bits per heavy atom. The molecule has 3 aromatic heterocycles. The Hall–Kier alpha value is -4.60. The molecule has 2 N–H and O–H groups in total. The highest BCUT2D eigenvalue weighted by Gasteiger charge is 2.23. The van der Waals surface area contributed by atoms with Crippen molar-refractivity contribution in [2.75, 3.05) is 17.7 Å². The van der Waals surface area contributed by atoms with Gasteiger partial charge in [-0.05, 0) is 19.1 Å². The Kier molecular flexibility index (Phi) is 6.07. The summed E-state index contributed by atoms with van der Waals surface area (Å²) in [6.07, 6.45) is 3.05. The van der Waals surface area contributed by atoms with Gasteiger partial charge in [0.25, 0.3) is 11.8 Å². The van der Waals surface area contributed by atoms with Crippen LogP contribution in [0.15, 0.2) is 59.4 Å². The van der Waals surface area contributed by atoms with Gasteiger partial charge in [-0.25, -0.2) is 15.0 Å². The van der Waals surface area contributed by atoms with Gasteiger partial charge in [0.1, 0.15) is 22.8 Å². The van der Waals surface area contributed by atoms with Gasteiger partial charge in [0.2, 0.25) is 5.91 Å². The summed E-state index contributed by atoms with van der Waals surface area (Å²) in [6.45, 7) is 3.07. The molecule has 166 valence electrons. The second kappa shape index (κ2) is 9.27. The van der Waals surface area contributed by atoms with E-state index in [-0.39, 0.29) is 17.6 Å². The van der Waals surface area contributed by atoms with E-state index in [1.165, 1.54) is 20.2 Å². The third-order valence-electron chi connectivity index (χ3n) is 4.67. The van der Waals surface area contributed by atoms with E-state index >= 15 is 0 Å². The SMILES string of the molecule is COc1nc(-c2ccc(NC(C)=O)nc2)cnc1NC(=O)c1c(-c2ccccc2)noc1C. The van der Waals surface area contributed by atoms with Gasteiger partial charge < -0.3 is 19.9 Å². The van der Waals surface area contributed by atoms with Crippen molar-refractivity contribution in [1.29, 1.82) is 0 Å². The van der Waals surface area contributed by atoms with Crippen LogP contribution in [0, 0.1) is 6.92 Å². The third-order valence-corrected chi connectivity index (χ3v) is 4.67. The second-order valence-corrected chi connectivity index (χ2v) is 7.01. The van der Waals surface area contributed by atoms with Gasteiger partial charge in [0, 0.05) is 24.2 Å². The molecule has 0 unspecified atom stereocenters. The van der Waals surface area contributed by atoms with Crippen LogP contribution in [0.2, 0.25) is 0 Å². The quantitative estimate of drug-likeness (QED) is 0.460. The normalized spacial score (nSPS) is 10.5. The number of nitrogens with zero attached hydrogens (tertiary/aromatic N) is 4. The number of amides is 2. The second-order valence-electron chi connectivity index (χ2n) is 7.01. The fraction of sp³-hybridized carbons (Fsp3) is 0.130. The highest BCUT2D eigenvalue weighted by Crippen LogP contribution is 2.28. The Labute approximate surface area is 189 Å². The summed E-state index contributed by atoms with van der Waals surface area (Å²) in [4.78, 5) is 37.1. The summed E-state index contributed by atoms with van der Waals surface area (Å²) >= 11 is 0. The molecule has 33 heavy (non-hydrogen) atoms. The molecule has 0 atom stereocenters. The minimum Gasteiger partial charge on any atom is -0.478 e. The minimum absolute atomic E-state index is 0.127. The first kappa shape index (κ1) is 21.6. The highest BCUT2D eigenvalue weighted by atomic mass is 16.5. The first-order valence-corrected chi connectivity index (χ1v) is 9.94. The fourth-order valence-electron chi connectivity index (χ4n) is 3.14. The number of hydrogen-bond donors (Lipinski definition) is 2. The van der Waals surface area contributed by atoms with Gasteiger partial charge in [-0.1, -0.05) is 35.5 Å². The van der Waals surface area contributed by atoms with Crippen molar-refractivity contribution in [1.82, 2.24) is 20.1 Å². The molecule has 10 heteroatoms. The number of methoxy groups -OCH3 is 1. The predicted octanol–water partition coefficient (Wildman–Crippen LogP) is 3.72. The molecule has 0 saturated carbocycles. The molecule has 0 aliphatic rings. The molecule has 0 aliphatic carbocycles. The van der Waals surface area contributed by atoms with E-state index in [9.17, 15) is 9.59 Å². The van der Waals surface area contributed by atoms with E-state index in [1.807, 2.05) is 30.3 Å². The summed E-state index contributed by atoms with van der Waals surface area (Å²) in [7, 11) is 1.43. The van der Waals surface area contributed by atoms with Crippen molar-refractivity contribution in [3.05, 3.63) is 66.2 Å². The minimum atomic E-state index is -0.450. The molecule has 0 saturated heterocycles. The number of ether oxygens (including phenoxy) is 1. The lowest BCUT2D eigenvalue weighted by Gasteiger charge is -2.10. The lowest BCUT2D eigenvalue weighted by molar-refractivity contribution is -0.114. The zero-order valence-corrected chi connectivity index (χ0v) is 18.1. The molecule has 2 amide bonds. The summed E-state index contributed by atoms with van der Waals surface area (Å²) in [5, 5.41) is 9.36. The molecule has 0 bridgehead atoms. The van der Waals surface area contributed by atoms with Crippen LogP contribution in [0.25, 0.3) is 22.5 Å². The molecular formula is C23H20N6O4. The van der Waals surface area contributed by atoms with Gasteiger partial charge in [0.15, 0.2) is 5.82 Å². The Morgan fingerprint density at radius 3 is 2.42 bits per heavy atom.